The van der Waals surface area contributed by atoms with Crippen LogP contribution in [0.5, 0.6) is 17.4 Å². The van der Waals surface area contributed by atoms with Crippen molar-refractivity contribution >= 4 is 11.8 Å². The van der Waals surface area contributed by atoms with E-state index in [0.717, 1.165) is 0 Å². The number of methoxy groups -OCH3 is 1. The summed E-state index contributed by atoms with van der Waals surface area (Å²) in [5.41, 5.74) is 4.95. The average molecular weight is 341 g/mol. The van der Waals surface area contributed by atoms with Crippen LogP contribution in [0.3, 0.4) is 0 Å². The van der Waals surface area contributed by atoms with Crippen LogP contribution in [0.25, 0.3) is 0 Å². The molecule has 0 bridgehead atoms. The van der Waals surface area contributed by atoms with Crippen molar-refractivity contribution in [3.63, 3.8) is 0 Å². The molecule has 1 aromatic carbocycles. The van der Waals surface area contributed by atoms with Gasteiger partial charge in [-0.15, -0.1) is 0 Å². The van der Waals surface area contributed by atoms with E-state index in [1.54, 1.807) is 37.6 Å². The smallest absolute Gasteiger partial charge is 0.235 e. The fourth-order valence-electron chi connectivity index (χ4n) is 2.51. The fourth-order valence-corrected chi connectivity index (χ4v) is 2.51. The normalized spacial score (nSPS) is 14.4. The highest BCUT2D eigenvalue weighted by Crippen LogP contribution is 2.45. The van der Waals surface area contributed by atoms with Gasteiger partial charge in [-0.1, -0.05) is 18.2 Å². The van der Waals surface area contributed by atoms with Crippen molar-refractivity contribution < 1.29 is 19.1 Å². The molecule has 0 atom stereocenters. The van der Waals surface area contributed by atoms with Crippen LogP contribution in [0.2, 0.25) is 0 Å². The molecule has 7 nitrogen and oxygen atoms in total. The first kappa shape index (κ1) is 16.8. The summed E-state index contributed by atoms with van der Waals surface area (Å²) in [4.78, 5) is 27.9. The van der Waals surface area contributed by atoms with Crippen LogP contribution in [0.4, 0.5) is 0 Å². The monoisotopic (exact) mass is 341 g/mol. The Kier molecular flexibility index (Phi) is 4.56. The molecule has 0 aliphatic heterocycles. The van der Waals surface area contributed by atoms with E-state index in [-0.39, 0.29) is 12.5 Å². The highest BCUT2D eigenvalue weighted by molar-refractivity contribution is 6.07. The van der Waals surface area contributed by atoms with Gasteiger partial charge in [0.2, 0.25) is 17.7 Å². The number of hydrogen-bond donors (Lipinski definition) is 2. The lowest BCUT2D eigenvalue weighted by Gasteiger charge is -2.14. The third-order valence-corrected chi connectivity index (χ3v) is 4.22. The highest BCUT2D eigenvalue weighted by Gasteiger charge is 2.55. The lowest BCUT2D eigenvalue weighted by atomic mass is 10.1. The molecule has 130 valence electrons. The van der Waals surface area contributed by atoms with E-state index in [0.29, 0.717) is 35.8 Å². The topological polar surface area (TPSA) is 104 Å². The molecule has 0 radical (unpaired) electrons. The van der Waals surface area contributed by atoms with Gasteiger partial charge >= 0.3 is 0 Å². The maximum atomic E-state index is 12.2. The summed E-state index contributed by atoms with van der Waals surface area (Å²) < 4.78 is 11.1. The molecule has 3 rings (SSSR count). The molecule has 1 heterocycles. The quantitative estimate of drug-likeness (QED) is 0.747. The zero-order valence-corrected chi connectivity index (χ0v) is 13.8. The van der Waals surface area contributed by atoms with Crippen molar-refractivity contribution in [2.75, 3.05) is 7.11 Å². The molecule has 0 unspecified atom stereocenters. The number of nitrogens with zero attached hydrogens (tertiary/aromatic N) is 1. The van der Waals surface area contributed by atoms with Gasteiger partial charge in [-0.3, -0.25) is 9.59 Å². The van der Waals surface area contributed by atoms with Crippen LogP contribution >= 0.6 is 0 Å². The van der Waals surface area contributed by atoms with Gasteiger partial charge in [0.25, 0.3) is 0 Å². The zero-order chi connectivity index (χ0) is 17.9. The number of pyridine rings is 1. The van der Waals surface area contributed by atoms with Crippen molar-refractivity contribution in [3.8, 4) is 17.4 Å². The van der Waals surface area contributed by atoms with E-state index < -0.39 is 11.3 Å². The van der Waals surface area contributed by atoms with Gasteiger partial charge in [0.1, 0.15) is 5.41 Å². The third-order valence-electron chi connectivity index (χ3n) is 4.22. The molecule has 7 heteroatoms. The molecular weight excluding hydrogens is 322 g/mol. The number of hydrogen-bond acceptors (Lipinski definition) is 5. The highest BCUT2D eigenvalue weighted by atomic mass is 16.5. The van der Waals surface area contributed by atoms with Crippen molar-refractivity contribution in [3.05, 3.63) is 48.2 Å². The van der Waals surface area contributed by atoms with Gasteiger partial charge in [-0.25, -0.2) is 4.98 Å². The number of carbonyl (C=O) groups is 2. The van der Waals surface area contributed by atoms with E-state index in [4.69, 9.17) is 15.2 Å². The summed E-state index contributed by atoms with van der Waals surface area (Å²) in [6, 6.07) is 10.8. The van der Waals surface area contributed by atoms with Crippen molar-refractivity contribution in [1.29, 1.82) is 0 Å². The van der Waals surface area contributed by atoms with Crippen molar-refractivity contribution in [2.24, 2.45) is 11.1 Å². The second-order valence-electron chi connectivity index (χ2n) is 5.85. The predicted molar refractivity (Wildman–Crippen MR) is 90.0 cm³/mol. The van der Waals surface area contributed by atoms with Gasteiger partial charge in [0.15, 0.2) is 11.5 Å². The predicted octanol–water partition coefficient (Wildman–Crippen LogP) is 1.76. The Bertz CT molecular complexity index is 802. The molecule has 0 saturated heterocycles. The van der Waals surface area contributed by atoms with Crippen LogP contribution in [-0.2, 0) is 16.1 Å². The van der Waals surface area contributed by atoms with Crippen molar-refractivity contribution in [1.82, 2.24) is 10.3 Å². The SMILES string of the molecule is COc1ccccc1Oc1ncccc1CNC(=O)C1(C(N)=O)CC1. The maximum absolute atomic E-state index is 12.2. The molecule has 1 aromatic heterocycles. The molecule has 2 amide bonds. The standard InChI is InChI=1S/C18H19N3O4/c1-24-13-6-2-3-7-14(13)25-15-12(5-4-10-20-15)11-21-17(23)18(8-9-18)16(19)22/h2-7,10H,8-9,11H2,1H3,(H2,19,22)(H,21,23). The van der Waals surface area contributed by atoms with Crippen LogP contribution in [0, 0.1) is 5.41 Å². The third kappa shape index (κ3) is 3.40. The number of amides is 2. The Hall–Kier alpha value is -3.09. The van der Waals surface area contributed by atoms with Gasteiger partial charge in [0.05, 0.1) is 7.11 Å². The van der Waals surface area contributed by atoms with Gasteiger partial charge in [0, 0.05) is 18.3 Å². The number of aromatic nitrogens is 1. The summed E-state index contributed by atoms with van der Waals surface area (Å²) in [6.07, 6.45) is 2.58. The van der Waals surface area contributed by atoms with Crippen LogP contribution in [0.15, 0.2) is 42.6 Å². The number of benzene rings is 1. The number of ether oxygens (including phenoxy) is 2. The first-order chi connectivity index (χ1) is 12.1. The molecule has 2 aromatic rings. The minimum atomic E-state index is -1.05. The van der Waals surface area contributed by atoms with Gasteiger partial charge in [-0.05, 0) is 31.0 Å². The van der Waals surface area contributed by atoms with Gasteiger partial charge < -0.3 is 20.5 Å². The Labute approximate surface area is 145 Å². The molecule has 1 aliphatic carbocycles. The molecule has 3 N–H and O–H groups in total. The Morgan fingerprint density at radius 1 is 1.20 bits per heavy atom. The second-order valence-corrected chi connectivity index (χ2v) is 5.85. The molecule has 25 heavy (non-hydrogen) atoms. The first-order valence-corrected chi connectivity index (χ1v) is 7.90. The Morgan fingerprint density at radius 3 is 2.56 bits per heavy atom. The summed E-state index contributed by atoms with van der Waals surface area (Å²) in [5, 5.41) is 2.75. The minimum absolute atomic E-state index is 0.187. The minimum Gasteiger partial charge on any atom is -0.493 e. The van der Waals surface area contributed by atoms with Crippen molar-refractivity contribution in [2.45, 2.75) is 19.4 Å². The first-order valence-electron chi connectivity index (χ1n) is 7.90. The molecular formula is C18H19N3O4. The van der Waals surface area contributed by atoms with E-state index >= 15 is 0 Å². The number of nitrogens with one attached hydrogen (secondary N) is 1. The molecule has 1 saturated carbocycles. The number of rotatable bonds is 7. The summed E-state index contributed by atoms with van der Waals surface area (Å²) in [6.45, 7) is 0.187. The molecule has 1 aliphatic rings. The average Bonchev–Trinajstić information content (AvgIpc) is 3.43. The van der Waals surface area contributed by atoms with Crippen LogP contribution in [-0.4, -0.2) is 23.9 Å². The number of carbonyl (C=O) groups excluding carboxylic acids is 2. The van der Waals surface area contributed by atoms with Crippen LogP contribution < -0.4 is 20.5 Å². The Morgan fingerprint density at radius 2 is 1.92 bits per heavy atom. The fraction of sp³-hybridized carbons (Fsp3) is 0.278. The van der Waals surface area contributed by atoms with Gasteiger partial charge in [-0.2, -0.15) is 0 Å². The Balaban J connectivity index is 1.73. The summed E-state index contributed by atoms with van der Waals surface area (Å²) in [7, 11) is 1.56. The largest absolute Gasteiger partial charge is 0.493 e. The lowest BCUT2D eigenvalue weighted by Crippen LogP contribution is -2.40. The molecule has 1 fully saturated rings. The summed E-state index contributed by atoms with van der Waals surface area (Å²) >= 11 is 0. The van der Waals surface area contributed by atoms with E-state index in [9.17, 15) is 9.59 Å². The molecule has 0 spiro atoms. The second kappa shape index (κ2) is 6.80. The van der Waals surface area contributed by atoms with E-state index in [1.807, 2.05) is 12.1 Å². The van der Waals surface area contributed by atoms with E-state index in [2.05, 4.69) is 10.3 Å². The zero-order valence-electron chi connectivity index (χ0n) is 13.8. The number of primary amides is 1. The number of para-hydroxylation sites is 2. The summed E-state index contributed by atoms with van der Waals surface area (Å²) in [5.74, 6) is 0.519. The maximum Gasteiger partial charge on any atom is 0.235 e. The van der Waals surface area contributed by atoms with Crippen LogP contribution in [0.1, 0.15) is 18.4 Å². The lowest BCUT2D eigenvalue weighted by molar-refractivity contribution is -0.135. The number of nitrogens with two attached hydrogens (primary N) is 1. The van der Waals surface area contributed by atoms with E-state index in [1.165, 1.54) is 0 Å².